The number of hydrogen-bond acceptors (Lipinski definition) is 4. The number of fused-ring (bicyclic) bond motifs is 1. The van der Waals surface area contributed by atoms with Crippen molar-refractivity contribution in [3.8, 4) is 0 Å². The van der Waals surface area contributed by atoms with Gasteiger partial charge in [0.1, 0.15) is 10.4 Å². The fourth-order valence-corrected chi connectivity index (χ4v) is 3.06. The zero-order valence-electron chi connectivity index (χ0n) is 12.8. The highest BCUT2D eigenvalue weighted by atomic mass is 79.9. The molecule has 0 saturated carbocycles. The lowest BCUT2D eigenvalue weighted by Crippen LogP contribution is -2.36. The molecule has 0 fully saturated rings. The Kier molecular flexibility index (Phi) is 4.40. The Morgan fingerprint density at radius 3 is 2.91 bits per heavy atom. The van der Waals surface area contributed by atoms with Crippen LogP contribution in [0.25, 0.3) is 0 Å². The van der Waals surface area contributed by atoms with Crippen LogP contribution in [0.1, 0.15) is 42.5 Å². The van der Waals surface area contributed by atoms with Crippen LogP contribution in [0.5, 0.6) is 0 Å². The van der Waals surface area contributed by atoms with Gasteiger partial charge in [-0.25, -0.2) is 9.97 Å². The summed E-state index contributed by atoms with van der Waals surface area (Å²) in [7, 11) is 0. The van der Waals surface area contributed by atoms with Crippen LogP contribution >= 0.6 is 15.9 Å². The van der Waals surface area contributed by atoms with Crippen molar-refractivity contribution in [2.24, 2.45) is 0 Å². The van der Waals surface area contributed by atoms with Crippen molar-refractivity contribution in [1.29, 1.82) is 0 Å². The topological polar surface area (TPSA) is 61.9 Å². The van der Waals surface area contributed by atoms with Crippen molar-refractivity contribution < 1.29 is 0 Å². The van der Waals surface area contributed by atoms with E-state index in [-0.39, 0.29) is 11.5 Å². The molecule has 0 radical (unpaired) electrons. The summed E-state index contributed by atoms with van der Waals surface area (Å²) in [6.07, 6.45) is 0.812. The van der Waals surface area contributed by atoms with Gasteiger partial charge in [0.25, 0.3) is 5.56 Å². The van der Waals surface area contributed by atoms with Gasteiger partial charge in [-0.05, 0) is 28.1 Å². The number of aromatic amines is 1. The first kappa shape index (κ1) is 15.4. The van der Waals surface area contributed by atoms with E-state index in [9.17, 15) is 4.79 Å². The number of hydrogen-bond donors (Lipinski definition) is 1. The smallest absolute Gasteiger partial charge is 0.255 e. The monoisotopic (exact) mass is 362 g/mol. The second kappa shape index (κ2) is 6.30. The van der Waals surface area contributed by atoms with Gasteiger partial charge in [-0.15, -0.1) is 0 Å². The minimum atomic E-state index is 0.000557. The number of aromatic nitrogens is 3. The third-order valence-electron chi connectivity index (χ3n) is 3.87. The van der Waals surface area contributed by atoms with Crippen LogP contribution in [0.15, 0.2) is 27.6 Å². The van der Waals surface area contributed by atoms with E-state index >= 15 is 0 Å². The minimum absolute atomic E-state index is 0.000557. The van der Waals surface area contributed by atoms with Crippen LogP contribution in [-0.4, -0.2) is 26.4 Å². The molecule has 0 saturated heterocycles. The van der Waals surface area contributed by atoms with E-state index in [1.807, 2.05) is 32.0 Å². The van der Waals surface area contributed by atoms with Gasteiger partial charge >= 0.3 is 0 Å². The second-order valence-electron chi connectivity index (χ2n) is 5.94. The van der Waals surface area contributed by atoms with Gasteiger partial charge in [-0.1, -0.05) is 19.9 Å². The first-order valence-electron chi connectivity index (χ1n) is 7.48. The Morgan fingerprint density at radius 2 is 2.18 bits per heavy atom. The van der Waals surface area contributed by atoms with Crippen LogP contribution in [0.2, 0.25) is 0 Å². The molecule has 0 aromatic carbocycles. The average molecular weight is 363 g/mol. The molecule has 1 aliphatic rings. The molecule has 1 N–H and O–H groups in total. The van der Waals surface area contributed by atoms with E-state index in [2.05, 4.69) is 35.8 Å². The second-order valence-corrected chi connectivity index (χ2v) is 6.76. The van der Waals surface area contributed by atoms with E-state index in [4.69, 9.17) is 0 Å². The summed E-state index contributed by atoms with van der Waals surface area (Å²) in [5.74, 6) is 1.02. The molecule has 3 rings (SSSR count). The van der Waals surface area contributed by atoms with E-state index < -0.39 is 0 Å². The Labute approximate surface area is 137 Å². The molecule has 3 heterocycles. The molecule has 0 atom stereocenters. The summed E-state index contributed by atoms with van der Waals surface area (Å²) < 4.78 is 0.837. The van der Waals surface area contributed by atoms with Gasteiger partial charge in [-0.3, -0.25) is 9.69 Å². The van der Waals surface area contributed by atoms with Gasteiger partial charge in [-0.2, -0.15) is 0 Å². The van der Waals surface area contributed by atoms with Crippen LogP contribution in [-0.2, 0) is 19.5 Å². The van der Waals surface area contributed by atoms with Crippen molar-refractivity contribution in [2.45, 2.75) is 39.3 Å². The molecule has 0 spiro atoms. The van der Waals surface area contributed by atoms with Gasteiger partial charge in [0.05, 0.1) is 17.0 Å². The maximum absolute atomic E-state index is 12.3. The maximum Gasteiger partial charge on any atom is 0.255 e. The average Bonchev–Trinajstić information content (AvgIpc) is 2.47. The number of halogens is 1. The number of nitrogens with one attached hydrogen (secondary N) is 1. The number of rotatable bonds is 3. The van der Waals surface area contributed by atoms with Gasteiger partial charge in [0.2, 0.25) is 0 Å². The number of pyridine rings is 1. The molecule has 0 bridgehead atoms. The lowest BCUT2D eigenvalue weighted by molar-refractivity contribution is 0.238. The molecular weight excluding hydrogens is 344 g/mol. The Hall–Kier alpha value is -1.53. The summed E-state index contributed by atoms with van der Waals surface area (Å²) in [6.45, 7) is 6.35. The maximum atomic E-state index is 12.3. The molecule has 22 heavy (non-hydrogen) atoms. The standard InChI is InChI=1S/C16H19BrN4O/c1-10(2)15-19-13-6-7-21(9-12(13)16(22)20-15)8-11-4-3-5-14(17)18-11/h3-5,10H,6-9H2,1-2H3,(H,19,20,22). The molecule has 6 heteroatoms. The van der Waals surface area contributed by atoms with E-state index in [0.29, 0.717) is 6.54 Å². The van der Waals surface area contributed by atoms with Crippen molar-refractivity contribution >= 4 is 15.9 Å². The highest BCUT2D eigenvalue weighted by Crippen LogP contribution is 2.18. The van der Waals surface area contributed by atoms with Crippen molar-refractivity contribution in [3.63, 3.8) is 0 Å². The lowest BCUT2D eigenvalue weighted by atomic mass is 10.1. The van der Waals surface area contributed by atoms with E-state index in [0.717, 1.165) is 46.9 Å². The molecule has 0 aliphatic carbocycles. The highest BCUT2D eigenvalue weighted by molar-refractivity contribution is 9.10. The predicted octanol–water partition coefficient (Wildman–Crippen LogP) is 2.61. The minimum Gasteiger partial charge on any atom is -0.310 e. The highest BCUT2D eigenvalue weighted by Gasteiger charge is 2.22. The molecule has 5 nitrogen and oxygen atoms in total. The number of nitrogens with zero attached hydrogens (tertiary/aromatic N) is 3. The van der Waals surface area contributed by atoms with E-state index in [1.54, 1.807) is 0 Å². The predicted molar refractivity (Wildman–Crippen MR) is 88.7 cm³/mol. The van der Waals surface area contributed by atoms with Crippen molar-refractivity contribution in [2.75, 3.05) is 6.54 Å². The van der Waals surface area contributed by atoms with Crippen molar-refractivity contribution in [1.82, 2.24) is 19.9 Å². The summed E-state index contributed by atoms with van der Waals surface area (Å²) in [4.78, 5) is 26.5. The van der Waals surface area contributed by atoms with Crippen LogP contribution in [0, 0.1) is 0 Å². The molecule has 0 unspecified atom stereocenters. The van der Waals surface area contributed by atoms with Crippen LogP contribution < -0.4 is 5.56 Å². The Balaban J connectivity index is 1.81. The first-order chi connectivity index (χ1) is 10.5. The third-order valence-corrected chi connectivity index (χ3v) is 4.31. The SMILES string of the molecule is CC(C)c1nc2c(c(=O)[nH]1)CN(Cc1cccc(Br)n1)CC2. The zero-order chi connectivity index (χ0) is 15.7. The van der Waals surface area contributed by atoms with Crippen LogP contribution in [0.3, 0.4) is 0 Å². The quantitative estimate of drug-likeness (QED) is 0.852. The Bertz CT molecular complexity index is 741. The molecule has 1 aliphatic heterocycles. The zero-order valence-corrected chi connectivity index (χ0v) is 14.4. The van der Waals surface area contributed by atoms with Gasteiger partial charge in [0.15, 0.2) is 0 Å². The largest absolute Gasteiger partial charge is 0.310 e. The Morgan fingerprint density at radius 1 is 1.36 bits per heavy atom. The van der Waals surface area contributed by atoms with E-state index in [1.165, 1.54) is 0 Å². The normalized spacial score (nSPS) is 15.1. The molecule has 2 aromatic heterocycles. The molecule has 0 amide bonds. The fraction of sp³-hybridized carbons (Fsp3) is 0.438. The summed E-state index contributed by atoms with van der Waals surface area (Å²) in [5.41, 5.74) is 2.75. The fourth-order valence-electron chi connectivity index (χ4n) is 2.68. The third kappa shape index (κ3) is 3.28. The summed E-state index contributed by atoms with van der Waals surface area (Å²) in [6, 6.07) is 5.90. The summed E-state index contributed by atoms with van der Waals surface area (Å²) in [5, 5.41) is 0. The van der Waals surface area contributed by atoms with Crippen molar-refractivity contribution in [3.05, 3.63) is 55.9 Å². The molecule has 116 valence electrons. The number of H-pyrrole nitrogens is 1. The molecule has 2 aromatic rings. The van der Waals surface area contributed by atoms with Crippen LogP contribution in [0.4, 0.5) is 0 Å². The lowest BCUT2D eigenvalue weighted by Gasteiger charge is -2.27. The van der Waals surface area contributed by atoms with Gasteiger partial charge in [0, 0.05) is 32.0 Å². The molecular formula is C16H19BrN4O. The summed E-state index contributed by atoms with van der Waals surface area (Å²) >= 11 is 3.39. The first-order valence-corrected chi connectivity index (χ1v) is 8.28. The van der Waals surface area contributed by atoms with Gasteiger partial charge < -0.3 is 4.98 Å².